The van der Waals surface area contributed by atoms with Gasteiger partial charge >= 0.3 is 5.97 Å². The Labute approximate surface area is 126 Å². The van der Waals surface area contributed by atoms with Crippen molar-refractivity contribution in [3.05, 3.63) is 71.8 Å². The number of rotatable bonds is 3. The van der Waals surface area contributed by atoms with E-state index in [9.17, 15) is 9.18 Å². The number of nitrogens with zero attached hydrogens (tertiary/aromatic N) is 2. The third-order valence-electron chi connectivity index (χ3n) is 3.38. The molecule has 0 aliphatic heterocycles. The van der Waals surface area contributed by atoms with Gasteiger partial charge < -0.3 is 5.11 Å². The van der Waals surface area contributed by atoms with Gasteiger partial charge in [-0.05, 0) is 36.8 Å². The first kappa shape index (κ1) is 14.0. The molecular weight excluding hydrogens is 283 g/mol. The lowest BCUT2D eigenvalue weighted by Crippen LogP contribution is -1.99. The molecule has 0 radical (unpaired) electrons. The van der Waals surface area contributed by atoms with E-state index in [1.807, 2.05) is 13.0 Å². The summed E-state index contributed by atoms with van der Waals surface area (Å²) in [6.45, 7) is 1.83. The van der Waals surface area contributed by atoms with Crippen molar-refractivity contribution in [3.63, 3.8) is 0 Å². The van der Waals surface area contributed by atoms with Gasteiger partial charge in [0.25, 0.3) is 0 Å². The van der Waals surface area contributed by atoms with Crippen molar-refractivity contribution in [1.29, 1.82) is 0 Å². The average Bonchev–Trinajstić information content (AvgIpc) is 2.97. The minimum atomic E-state index is -1.00. The Kier molecular flexibility index (Phi) is 3.47. The molecular formula is C17H13FN2O2. The van der Waals surface area contributed by atoms with E-state index in [0.717, 1.165) is 5.56 Å². The summed E-state index contributed by atoms with van der Waals surface area (Å²) in [5, 5.41) is 13.2. The van der Waals surface area contributed by atoms with Crippen LogP contribution in [0.2, 0.25) is 0 Å². The molecule has 0 saturated carbocycles. The Hall–Kier alpha value is -2.95. The molecule has 0 aliphatic rings. The molecule has 4 nitrogen and oxygen atoms in total. The van der Waals surface area contributed by atoms with Gasteiger partial charge in [-0.15, -0.1) is 0 Å². The molecule has 0 amide bonds. The van der Waals surface area contributed by atoms with E-state index >= 15 is 0 Å². The highest BCUT2D eigenvalue weighted by Gasteiger charge is 2.10. The first-order valence-corrected chi connectivity index (χ1v) is 6.69. The van der Waals surface area contributed by atoms with Crippen LogP contribution in [0.4, 0.5) is 4.39 Å². The highest BCUT2D eigenvalue weighted by Crippen LogP contribution is 2.24. The van der Waals surface area contributed by atoms with Crippen LogP contribution in [0.5, 0.6) is 0 Å². The number of halogens is 1. The highest BCUT2D eigenvalue weighted by atomic mass is 19.1. The predicted molar refractivity (Wildman–Crippen MR) is 80.7 cm³/mol. The second-order valence-electron chi connectivity index (χ2n) is 5.01. The summed E-state index contributed by atoms with van der Waals surface area (Å²) < 4.78 is 15.5. The lowest BCUT2D eigenvalue weighted by atomic mass is 10.1. The van der Waals surface area contributed by atoms with Crippen LogP contribution in [0.1, 0.15) is 15.9 Å². The molecule has 0 atom stereocenters. The van der Waals surface area contributed by atoms with Gasteiger partial charge in [0, 0.05) is 17.3 Å². The van der Waals surface area contributed by atoms with E-state index < -0.39 is 5.97 Å². The van der Waals surface area contributed by atoms with Crippen molar-refractivity contribution in [3.8, 4) is 16.8 Å². The molecule has 0 spiro atoms. The standard InChI is InChI=1S/C17H13FN2O2/c1-11-5-6-15(16(18)7-11)13-9-19-20(10-13)14-4-2-3-12(8-14)17(21)22/h2-10H,1H3,(H,21,22). The number of carbonyl (C=O) groups is 1. The molecule has 0 aliphatic carbocycles. The van der Waals surface area contributed by atoms with E-state index in [1.165, 1.54) is 22.9 Å². The maximum Gasteiger partial charge on any atom is 0.335 e. The van der Waals surface area contributed by atoms with Crippen molar-refractivity contribution < 1.29 is 14.3 Å². The summed E-state index contributed by atoms with van der Waals surface area (Å²) in [6, 6.07) is 11.4. The van der Waals surface area contributed by atoms with Gasteiger partial charge in [-0.3, -0.25) is 0 Å². The molecule has 3 aromatic rings. The number of carboxylic acid groups (broad SMARTS) is 1. The number of aromatic nitrogens is 2. The zero-order valence-corrected chi connectivity index (χ0v) is 11.8. The molecule has 110 valence electrons. The number of aryl methyl sites for hydroxylation is 1. The fourth-order valence-electron chi connectivity index (χ4n) is 2.24. The van der Waals surface area contributed by atoms with Crippen LogP contribution in [-0.2, 0) is 0 Å². The largest absolute Gasteiger partial charge is 0.478 e. The van der Waals surface area contributed by atoms with Crippen LogP contribution in [0.15, 0.2) is 54.9 Å². The van der Waals surface area contributed by atoms with Crippen LogP contribution in [0.3, 0.4) is 0 Å². The van der Waals surface area contributed by atoms with Gasteiger partial charge in [-0.2, -0.15) is 5.10 Å². The summed E-state index contributed by atoms with van der Waals surface area (Å²) in [6.07, 6.45) is 3.23. The topological polar surface area (TPSA) is 55.1 Å². The molecule has 0 unspecified atom stereocenters. The summed E-state index contributed by atoms with van der Waals surface area (Å²) >= 11 is 0. The van der Waals surface area contributed by atoms with E-state index in [4.69, 9.17) is 5.11 Å². The molecule has 3 rings (SSSR count). The fourth-order valence-corrected chi connectivity index (χ4v) is 2.24. The normalized spacial score (nSPS) is 10.6. The second kappa shape index (κ2) is 5.44. The zero-order valence-electron chi connectivity index (χ0n) is 11.8. The molecule has 2 aromatic carbocycles. The number of aromatic carboxylic acids is 1. The monoisotopic (exact) mass is 296 g/mol. The molecule has 0 bridgehead atoms. The van der Waals surface area contributed by atoms with Crippen molar-refractivity contribution in [2.75, 3.05) is 0 Å². The van der Waals surface area contributed by atoms with Crippen molar-refractivity contribution in [2.24, 2.45) is 0 Å². The quantitative estimate of drug-likeness (QED) is 0.802. The maximum atomic E-state index is 14.0. The summed E-state index contributed by atoms with van der Waals surface area (Å²) in [4.78, 5) is 11.0. The SMILES string of the molecule is Cc1ccc(-c2cnn(-c3cccc(C(=O)O)c3)c2)c(F)c1. The fraction of sp³-hybridized carbons (Fsp3) is 0.0588. The Balaban J connectivity index is 2.00. The molecule has 0 saturated heterocycles. The Morgan fingerprint density at radius 1 is 1.23 bits per heavy atom. The Bertz CT molecular complexity index is 855. The average molecular weight is 296 g/mol. The van der Waals surface area contributed by atoms with Gasteiger partial charge in [0.2, 0.25) is 0 Å². The van der Waals surface area contributed by atoms with Crippen LogP contribution < -0.4 is 0 Å². The minimum absolute atomic E-state index is 0.177. The Morgan fingerprint density at radius 3 is 2.77 bits per heavy atom. The first-order chi connectivity index (χ1) is 10.5. The maximum absolute atomic E-state index is 14.0. The van der Waals surface area contributed by atoms with E-state index in [-0.39, 0.29) is 11.4 Å². The van der Waals surface area contributed by atoms with Gasteiger partial charge in [0.15, 0.2) is 0 Å². The van der Waals surface area contributed by atoms with E-state index in [0.29, 0.717) is 16.8 Å². The minimum Gasteiger partial charge on any atom is -0.478 e. The Morgan fingerprint density at radius 2 is 2.05 bits per heavy atom. The highest BCUT2D eigenvalue weighted by molar-refractivity contribution is 5.88. The van der Waals surface area contributed by atoms with Crippen LogP contribution in [-0.4, -0.2) is 20.9 Å². The second-order valence-corrected chi connectivity index (χ2v) is 5.01. The van der Waals surface area contributed by atoms with Crippen LogP contribution in [0, 0.1) is 12.7 Å². The number of hydrogen-bond donors (Lipinski definition) is 1. The van der Waals surface area contributed by atoms with Gasteiger partial charge in [-0.25, -0.2) is 13.9 Å². The predicted octanol–water partition coefficient (Wildman–Crippen LogP) is 3.69. The van der Waals surface area contributed by atoms with Gasteiger partial charge in [0.05, 0.1) is 17.4 Å². The summed E-state index contributed by atoms with van der Waals surface area (Å²) in [5.74, 6) is -1.31. The molecule has 1 N–H and O–H groups in total. The van der Waals surface area contributed by atoms with Crippen LogP contribution >= 0.6 is 0 Å². The third kappa shape index (κ3) is 2.61. The smallest absolute Gasteiger partial charge is 0.335 e. The van der Waals surface area contributed by atoms with Crippen LogP contribution in [0.25, 0.3) is 16.8 Å². The molecule has 5 heteroatoms. The summed E-state index contributed by atoms with van der Waals surface area (Å²) in [7, 11) is 0. The lowest BCUT2D eigenvalue weighted by molar-refractivity contribution is 0.0697. The number of benzene rings is 2. The van der Waals surface area contributed by atoms with Gasteiger partial charge in [0.1, 0.15) is 5.82 Å². The lowest BCUT2D eigenvalue weighted by Gasteiger charge is -2.03. The summed E-state index contributed by atoms with van der Waals surface area (Å²) in [5.41, 5.74) is 2.74. The molecule has 0 fully saturated rings. The first-order valence-electron chi connectivity index (χ1n) is 6.69. The number of hydrogen-bond acceptors (Lipinski definition) is 2. The van der Waals surface area contributed by atoms with Crippen molar-refractivity contribution in [1.82, 2.24) is 9.78 Å². The van der Waals surface area contributed by atoms with E-state index in [2.05, 4.69) is 5.10 Å². The van der Waals surface area contributed by atoms with Gasteiger partial charge in [-0.1, -0.05) is 18.2 Å². The van der Waals surface area contributed by atoms with E-state index in [1.54, 1.807) is 30.6 Å². The zero-order chi connectivity index (χ0) is 15.7. The number of carboxylic acids is 1. The molecule has 1 heterocycles. The third-order valence-corrected chi connectivity index (χ3v) is 3.38. The molecule has 22 heavy (non-hydrogen) atoms. The molecule has 1 aromatic heterocycles. The van der Waals surface area contributed by atoms with Crippen molar-refractivity contribution in [2.45, 2.75) is 6.92 Å². The van der Waals surface area contributed by atoms with Crippen molar-refractivity contribution >= 4 is 5.97 Å².